The van der Waals surface area contributed by atoms with Crippen LogP contribution in [0, 0.1) is 17.8 Å². The summed E-state index contributed by atoms with van der Waals surface area (Å²) in [4.78, 5) is 11.3. The fourth-order valence-corrected chi connectivity index (χ4v) is 4.77. The highest BCUT2D eigenvalue weighted by molar-refractivity contribution is 9.10. The lowest BCUT2D eigenvalue weighted by Crippen LogP contribution is -2.35. The normalized spacial score (nSPS) is 22.0. The van der Waals surface area contributed by atoms with E-state index in [0.717, 1.165) is 65.6 Å². The largest absolute Gasteiger partial charge is 0.494 e. The Balaban J connectivity index is 1.18. The molecule has 1 aliphatic heterocycles. The standard InChI is InChI=1S/C22H27BrClN3O2/c1-28-14-15-12-25-22(26-13-15)27-7-4-16(5-8-27)19-10-17(19)6-9-29-18-2-3-20(23)21(24)11-18/h2-3,11-13,16-17,19H,4-10,14H2,1H3/t17-,19-/m1/s1. The van der Waals surface area contributed by atoms with Gasteiger partial charge in [0.05, 0.1) is 18.2 Å². The van der Waals surface area contributed by atoms with Gasteiger partial charge in [0, 0.05) is 42.6 Å². The highest BCUT2D eigenvalue weighted by atomic mass is 79.9. The zero-order valence-electron chi connectivity index (χ0n) is 16.7. The van der Waals surface area contributed by atoms with Crippen molar-refractivity contribution >= 4 is 33.5 Å². The van der Waals surface area contributed by atoms with Crippen LogP contribution >= 0.6 is 27.5 Å². The molecule has 0 radical (unpaired) electrons. The Kier molecular flexibility index (Phi) is 6.93. The van der Waals surface area contributed by atoms with Gasteiger partial charge in [-0.1, -0.05) is 11.6 Å². The van der Waals surface area contributed by atoms with E-state index in [-0.39, 0.29) is 0 Å². The molecule has 0 bridgehead atoms. The van der Waals surface area contributed by atoms with Crippen LogP contribution < -0.4 is 9.64 Å². The molecule has 0 unspecified atom stereocenters. The van der Waals surface area contributed by atoms with Crippen molar-refractivity contribution in [1.29, 1.82) is 0 Å². The van der Waals surface area contributed by atoms with Crippen molar-refractivity contribution in [1.82, 2.24) is 9.97 Å². The van der Waals surface area contributed by atoms with Crippen molar-refractivity contribution in [3.63, 3.8) is 0 Å². The summed E-state index contributed by atoms with van der Waals surface area (Å²) in [6, 6.07) is 5.76. The first-order valence-corrected chi connectivity index (χ1v) is 11.4. The highest BCUT2D eigenvalue weighted by Crippen LogP contribution is 2.49. The van der Waals surface area contributed by atoms with Crippen molar-refractivity contribution in [3.8, 4) is 5.75 Å². The molecular weight excluding hydrogens is 454 g/mol. The SMILES string of the molecule is COCc1cnc(N2CCC([C@H]3C[C@H]3CCOc3ccc(Br)c(Cl)c3)CC2)nc1. The van der Waals surface area contributed by atoms with E-state index in [1.54, 1.807) is 7.11 Å². The average molecular weight is 481 g/mol. The fourth-order valence-electron chi connectivity index (χ4n) is 4.36. The molecule has 0 amide bonds. The number of benzene rings is 1. The van der Waals surface area contributed by atoms with Gasteiger partial charge in [0.1, 0.15) is 5.75 Å². The molecule has 1 aromatic heterocycles. The number of methoxy groups -OCH3 is 1. The van der Waals surface area contributed by atoms with Crippen LogP contribution in [0.4, 0.5) is 5.95 Å². The molecule has 1 saturated carbocycles. The Labute approximate surface area is 185 Å². The summed E-state index contributed by atoms with van der Waals surface area (Å²) in [6.45, 7) is 3.42. The quantitative estimate of drug-likeness (QED) is 0.509. The second kappa shape index (κ2) is 9.63. The van der Waals surface area contributed by atoms with Crippen LogP contribution in [0.25, 0.3) is 0 Å². The van der Waals surface area contributed by atoms with Crippen LogP contribution in [0.2, 0.25) is 5.02 Å². The summed E-state index contributed by atoms with van der Waals surface area (Å²) in [5.41, 5.74) is 1.01. The Hall–Kier alpha value is -1.37. The zero-order chi connectivity index (χ0) is 20.2. The van der Waals surface area contributed by atoms with Crippen molar-refractivity contribution in [2.24, 2.45) is 17.8 Å². The van der Waals surface area contributed by atoms with Crippen LogP contribution in [-0.2, 0) is 11.3 Å². The van der Waals surface area contributed by atoms with Crippen molar-refractivity contribution in [2.75, 3.05) is 31.7 Å². The van der Waals surface area contributed by atoms with E-state index in [0.29, 0.717) is 11.6 Å². The summed E-state index contributed by atoms with van der Waals surface area (Å²) in [7, 11) is 1.69. The third-order valence-electron chi connectivity index (χ3n) is 6.06. The topological polar surface area (TPSA) is 47.5 Å². The predicted molar refractivity (Wildman–Crippen MR) is 119 cm³/mol. The molecule has 2 atom stereocenters. The minimum absolute atomic E-state index is 0.560. The molecule has 1 saturated heterocycles. The van der Waals surface area contributed by atoms with Crippen molar-refractivity contribution in [2.45, 2.75) is 32.3 Å². The smallest absolute Gasteiger partial charge is 0.225 e. The number of anilines is 1. The maximum atomic E-state index is 6.12. The van der Waals surface area contributed by atoms with E-state index in [2.05, 4.69) is 30.8 Å². The number of hydrogen-bond acceptors (Lipinski definition) is 5. The number of ether oxygens (including phenoxy) is 2. The number of hydrogen-bond donors (Lipinski definition) is 0. The van der Waals surface area contributed by atoms with Gasteiger partial charge in [-0.15, -0.1) is 0 Å². The van der Waals surface area contributed by atoms with E-state index in [1.807, 2.05) is 30.6 Å². The van der Waals surface area contributed by atoms with E-state index >= 15 is 0 Å². The van der Waals surface area contributed by atoms with Gasteiger partial charge in [-0.05, 0) is 77.6 Å². The van der Waals surface area contributed by atoms with Crippen LogP contribution in [0.15, 0.2) is 35.1 Å². The van der Waals surface area contributed by atoms with E-state index in [4.69, 9.17) is 21.1 Å². The number of aromatic nitrogens is 2. The number of piperidine rings is 1. The Bertz CT molecular complexity index is 812. The Morgan fingerprint density at radius 1 is 1.21 bits per heavy atom. The molecule has 7 heteroatoms. The first kappa shape index (κ1) is 20.9. The van der Waals surface area contributed by atoms with Crippen molar-refractivity contribution in [3.05, 3.63) is 45.7 Å². The number of halogens is 2. The van der Waals surface area contributed by atoms with Crippen molar-refractivity contribution < 1.29 is 9.47 Å². The lowest BCUT2D eigenvalue weighted by molar-refractivity contribution is 0.184. The molecule has 156 valence electrons. The second-order valence-electron chi connectivity index (χ2n) is 8.02. The lowest BCUT2D eigenvalue weighted by Gasteiger charge is -2.32. The molecule has 2 fully saturated rings. The van der Waals surface area contributed by atoms with Gasteiger partial charge in [0.15, 0.2) is 0 Å². The van der Waals surface area contributed by atoms with E-state index < -0.39 is 0 Å². The van der Waals surface area contributed by atoms with Gasteiger partial charge in [-0.3, -0.25) is 0 Å². The summed E-state index contributed by atoms with van der Waals surface area (Å²) in [6.07, 6.45) is 8.67. The molecule has 0 spiro atoms. The van der Waals surface area contributed by atoms with Gasteiger partial charge >= 0.3 is 0 Å². The lowest BCUT2D eigenvalue weighted by atomic mass is 9.90. The number of rotatable bonds is 8. The van der Waals surface area contributed by atoms with E-state index in [9.17, 15) is 0 Å². The van der Waals surface area contributed by atoms with Gasteiger partial charge in [0.2, 0.25) is 5.95 Å². The minimum atomic E-state index is 0.560. The maximum Gasteiger partial charge on any atom is 0.225 e. The first-order valence-electron chi connectivity index (χ1n) is 10.3. The molecule has 0 N–H and O–H groups in total. The minimum Gasteiger partial charge on any atom is -0.494 e. The maximum absolute atomic E-state index is 6.12. The summed E-state index contributed by atoms with van der Waals surface area (Å²) in [5, 5.41) is 0.691. The first-order chi connectivity index (χ1) is 14.1. The van der Waals surface area contributed by atoms with Crippen LogP contribution in [0.1, 0.15) is 31.2 Å². The molecule has 2 aromatic rings. The molecule has 2 aliphatic rings. The molecule has 4 rings (SSSR count). The molecule has 1 aromatic carbocycles. The molecule has 2 heterocycles. The molecule has 5 nitrogen and oxygen atoms in total. The van der Waals surface area contributed by atoms with Crippen LogP contribution in [0.3, 0.4) is 0 Å². The second-order valence-corrected chi connectivity index (χ2v) is 9.28. The fraction of sp³-hybridized carbons (Fsp3) is 0.545. The van der Waals surface area contributed by atoms with Gasteiger partial charge in [-0.25, -0.2) is 9.97 Å². The monoisotopic (exact) mass is 479 g/mol. The molecule has 1 aliphatic carbocycles. The number of nitrogens with zero attached hydrogens (tertiary/aromatic N) is 3. The third-order valence-corrected chi connectivity index (χ3v) is 7.29. The van der Waals surface area contributed by atoms with Crippen LogP contribution in [0.5, 0.6) is 5.75 Å². The predicted octanol–water partition coefficient (Wildman–Crippen LogP) is 5.36. The molecular formula is C22H27BrClN3O2. The van der Waals surface area contributed by atoms with Gasteiger partial charge in [0.25, 0.3) is 0 Å². The third kappa shape index (κ3) is 5.41. The molecule has 29 heavy (non-hydrogen) atoms. The summed E-state index contributed by atoms with van der Waals surface area (Å²) < 4.78 is 11.9. The average Bonchev–Trinajstić information content (AvgIpc) is 3.51. The van der Waals surface area contributed by atoms with Gasteiger partial charge < -0.3 is 14.4 Å². The van der Waals surface area contributed by atoms with E-state index in [1.165, 1.54) is 19.3 Å². The summed E-state index contributed by atoms with van der Waals surface area (Å²) >= 11 is 9.53. The summed E-state index contributed by atoms with van der Waals surface area (Å²) in [5.74, 6) is 4.19. The Morgan fingerprint density at radius 3 is 2.66 bits per heavy atom. The highest BCUT2D eigenvalue weighted by Gasteiger charge is 2.43. The zero-order valence-corrected chi connectivity index (χ0v) is 19.0. The van der Waals surface area contributed by atoms with Crippen LogP contribution in [-0.4, -0.2) is 36.8 Å². The van der Waals surface area contributed by atoms with Gasteiger partial charge in [-0.2, -0.15) is 0 Å². The Morgan fingerprint density at radius 2 is 1.97 bits per heavy atom.